The molecule has 0 heterocycles. The van der Waals surface area contributed by atoms with Crippen LogP contribution in [0.25, 0.3) is 0 Å². The van der Waals surface area contributed by atoms with E-state index in [9.17, 15) is 9.59 Å². The standard InChI is InChI=1S/C14H19BrN2O3/c1-9(2)12(13(18)19)16-14(20)17(3)8-10-6-4-5-7-11(10)15/h4-7,9,12H,8H2,1-3H3,(H,16,20)(H,18,19). The van der Waals surface area contributed by atoms with Gasteiger partial charge >= 0.3 is 12.0 Å². The van der Waals surface area contributed by atoms with Crippen LogP contribution in [0.1, 0.15) is 19.4 Å². The second-order valence-electron chi connectivity index (χ2n) is 4.96. The van der Waals surface area contributed by atoms with Crippen LogP contribution >= 0.6 is 15.9 Å². The summed E-state index contributed by atoms with van der Waals surface area (Å²) in [5.41, 5.74) is 0.960. The number of aliphatic carboxylic acids is 1. The molecule has 0 aliphatic carbocycles. The summed E-state index contributed by atoms with van der Waals surface area (Å²) in [4.78, 5) is 24.5. The Kier molecular flexibility index (Phi) is 6.01. The van der Waals surface area contributed by atoms with E-state index in [1.54, 1.807) is 20.9 Å². The summed E-state index contributed by atoms with van der Waals surface area (Å²) in [5.74, 6) is -1.20. The number of halogens is 1. The summed E-state index contributed by atoms with van der Waals surface area (Å²) < 4.78 is 0.915. The van der Waals surface area contributed by atoms with Crippen molar-refractivity contribution in [3.63, 3.8) is 0 Å². The molecule has 6 heteroatoms. The number of urea groups is 1. The first-order valence-electron chi connectivity index (χ1n) is 6.30. The van der Waals surface area contributed by atoms with Crippen molar-refractivity contribution in [3.8, 4) is 0 Å². The zero-order chi connectivity index (χ0) is 15.3. The van der Waals surface area contributed by atoms with E-state index in [-0.39, 0.29) is 5.92 Å². The van der Waals surface area contributed by atoms with Crippen molar-refractivity contribution >= 4 is 27.9 Å². The molecule has 1 aromatic carbocycles. The van der Waals surface area contributed by atoms with Crippen LogP contribution in [0, 0.1) is 5.92 Å². The highest BCUT2D eigenvalue weighted by atomic mass is 79.9. The number of nitrogens with zero attached hydrogens (tertiary/aromatic N) is 1. The highest BCUT2D eigenvalue weighted by Crippen LogP contribution is 2.17. The van der Waals surface area contributed by atoms with Crippen molar-refractivity contribution in [2.75, 3.05) is 7.05 Å². The second-order valence-corrected chi connectivity index (χ2v) is 5.81. The van der Waals surface area contributed by atoms with E-state index in [2.05, 4.69) is 21.2 Å². The zero-order valence-electron chi connectivity index (χ0n) is 11.8. The molecule has 0 bridgehead atoms. The van der Waals surface area contributed by atoms with E-state index in [0.29, 0.717) is 6.54 Å². The summed E-state index contributed by atoms with van der Waals surface area (Å²) in [6, 6.07) is 6.30. The topological polar surface area (TPSA) is 69.6 Å². The number of benzene rings is 1. The smallest absolute Gasteiger partial charge is 0.326 e. The van der Waals surface area contributed by atoms with E-state index in [1.165, 1.54) is 4.90 Å². The molecule has 1 rings (SSSR count). The van der Waals surface area contributed by atoms with Gasteiger partial charge in [-0.05, 0) is 17.5 Å². The molecule has 2 N–H and O–H groups in total. The number of hydrogen-bond acceptors (Lipinski definition) is 2. The molecule has 0 spiro atoms. The predicted octanol–water partition coefficient (Wildman–Crippen LogP) is 2.70. The summed E-state index contributed by atoms with van der Waals surface area (Å²) in [7, 11) is 1.63. The number of nitrogens with one attached hydrogen (secondary N) is 1. The van der Waals surface area contributed by atoms with Crippen molar-refractivity contribution in [1.29, 1.82) is 0 Å². The Morgan fingerprint density at radius 2 is 1.95 bits per heavy atom. The number of carboxylic acids is 1. The van der Waals surface area contributed by atoms with Gasteiger partial charge in [0.1, 0.15) is 6.04 Å². The maximum absolute atomic E-state index is 12.0. The Bertz CT molecular complexity index is 491. The number of amides is 2. The van der Waals surface area contributed by atoms with Gasteiger partial charge in [0.05, 0.1) is 0 Å². The van der Waals surface area contributed by atoms with E-state index in [4.69, 9.17) is 5.11 Å². The molecule has 1 aromatic rings. The van der Waals surface area contributed by atoms with Crippen molar-refractivity contribution in [1.82, 2.24) is 10.2 Å². The number of rotatable bonds is 5. The van der Waals surface area contributed by atoms with Crippen molar-refractivity contribution < 1.29 is 14.7 Å². The van der Waals surface area contributed by atoms with Crippen LogP contribution in [-0.2, 0) is 11.3 Å². The van der Waals surface area contributed by atoms with Crippen molar-refractivity contribution in [3.05, 3.63) is 34.3 Å². The molecule has 110 valence electrons. The summed E-state index contributed by atoms with van der Waals surface area (Å²) in [5, 5.41) is 11.6. The van der Waals surface area contributed by atoms with Crippen molar-refractivity contribution in [2.45, 2.75) is 26.4 Å². The van der Waals surface area contributed by atoms with Gasteiger partial charge in [0, 0.05) is 18.1 Å². The van der Waals surface area contributed by atoms with Gasteiger partial charge in [0.25, 0.3) is 0 Å². The van der Waals surface area contributed by atoms with Gasteiger partial charge in [-0.1, -0.05) is 48.0 Å². The van der Waals surface area contributed by atoms with Crippen molar-refractivity contribution in [2.24, 2.45) is 5.92 Å². The molecule has 5 nitrogen and oxygen atoms in total. The first-order valence-corrected chi connectivity index (χ1v) is 7.10. The lowest BCUT2D eigenvalue weighted by Crippen LogP contribution is -2.48. The largest absolute Gasteiger partial charge is 0.480 e. The Labute approximate surface area is 127 Å². The molecule has 0 saturated heterocycles. The first kappa shape index (κ1) is 16.5. The number of carbonyl (C=O) groups excluding carboxylic acids is 1. The van der Waals surface area contributed by atoms with Crippen LogP contribution in [0.15, 0.2) is 28.7 Å². The Morgan fingerprint density at radius 3 is 2.45 bits per heavy atom. The van der Waals surface area contributed by atoms with Crippen LogP contribution in [0.2, 0.25) is 0 Å². The lowest BCUT2D eigenvalue weighted by atomic mass is 10.1. The van der Waals surface area contributed by atoms with Crippen LogP contribution in [-0.4, -0.2) is 35.1 Å². The third-order valence-electron chi connectivity index (χ3n) is 2.92. The molecular weight excluding hydrogens is 324 g/mol. The van der Waals surface area contributed by atoms with E-state index >= 15 is 0 Å². The third-order valence-corrected chi connectivity index (χ3v) is 3.70. The summed E-state index contributed by atoms with van der Waals surface area (Å²) in [6.07, 6.45) is 0. The van der Waals surface area contributed by atoms with Gasteiger partial charge in [0.15, 0.2) is 0 Å². The number of carbonyl (C=O) groups is 2. The van der Waals surface area contributed by atoms with Crippen LogP contribution in [0.3, 0.4) is 0 Å². The third kappa shape index (κ3) is 4.52. The first-order chi connectivity index (χ1) is 9.32. The average Bonchev–Trinajstić information content (AvgIpc) is 2.37. The molecular formula is C14H19BrN2O3. The molecule has 1 unspecified atom stereocenters. The maximum Gasteiger partial charge on any atom is 0.326 e. The van der Waals surface area contributed by atoms with E-state index < -0.39 is 18.0 Å². The molecule has 0 aliphatic rings. The molecule has 20 heavy (non-hydrogen) atoms. The summed E-state index contributed by atoms with van der Waals surface area (Å²) >= 11 is 3.42. The van der Waals surface area contributed by atoms with Gasteiger partial charge in [-0.15, -0.1) is 0 Å². The molecule has 0 saturated carbocycles. The van der Waals surface area contributed by atoms with Crippen LogP contribution in [0.5, 0.6) is 0 Å². The molecule has 2 amide bonds. The quantitative estimate of drug-likeness (QED) is 0.864. The second kappa shape index (κ2) is 7.28. The predicted molar refractivity (Wildman–Crippen MR) is 80.4 cm³/mol. The van der Waals surface area contributed by atoms with E-state index in [0.717, 1.165) is 10.0 Å². The normalized spacial score (nSPS) is 12.1. The fourth-order valence-corrected chi connectivity index (χ4v) is 2.12. The SMILES string of the molecule is CC(C)C(NC(=O)N(C)Cc1ccccc1Br)C(=O)O. The van der Waals surface area contributed by atoms with Gasteiger partial charge in [-0.3, -0.25) is 0 Å². The average molecular weight is 343 g/mol. The molecule has 0 fully saturated rings. The minimum atomic E-state index is -1.03. The van der Waals surface area contributed by atoms with Crippen LogP contribution < -0.4 is 5.32 Å². The highest BCUT2D eigenvalue weighted by Gasteiger charge is 2.24. The lowest BCUT2D eigenvalue weighted by Gasteiger charge is -2.23. The molecule has 0 aromatic heterocycles. The van der Waals surface area contributed by atoms with Gasteiger partial charge in [0.2, 0.25) is 0 Å². The van der Waals surface area contributed by atoms with Gasteiger partial charge in [-0.25, -0.2) is 9.59 Å². The van der Waals surface area contributed by atoms with Crippen LogP contribution in [0.4, 0.5) is 4.79 Å². The lowest BCUT2D eigenvalue weighted by molar-refractivity contribution is -0.140. The maximum atomic E-state index is 12.0. The Balaban J connectivity index is 2.68. The molecule has 0 radical (unpaired) electrons. The minimum absolute atomic E-state index is 0.173. The summed E-state index contributed by atoms with van der Waals surface area (Å²) in [6.45, 7) is 3.91. The monoisotopic (exact) mass is 342 g/mol. The van der Waals surface area contributed by atoms with Gasteiger partial charge in [-0.2, -0.15) is 0 Å². The fraction of sp³-hybridized carbons (Fsp3) is 0.429. The van der Waals surface area contributed by atoms with E-state index in [1.807, 2.05) is 24.3 Å². The molecule has 1 atom stereocenters. The highest BCUT2D eigenvalue weighted by molar-refractivity contribution is 9.10. The molecule has 0 aliphatic heterocycles. The Morgan fingerprint density at radius 1 is 1.35 bits per heavy atom. The number of hydrogen-bond donors (Lipinski definition) is 2. The fourth-order valence-electron chi connectivity index (χ4n) is 1.71. The number of carboxylic acid groups (broad SMARTS) is 1. The zero-order valence-corrected chi connectivity index (χ0v) is 13.3. The minimum Gasteiger partial charge on any atom is -0.480 e. The Hall–Kier alpha value is -1.56. The van der Waals surface area contributed by atoms with Gasteiger partial charge < -0.3 is 15.3 Å².